The molecule has 8 heteroatoms. The van der Waals surface area contributed by atoms with Gasteiger partial charge in [-0.2, -0.15) is 0 Å². The zero-order valence-corrected chi connectivity index (χ0v) is 20.5. The molecular weight excluding hydrogens is 442 g/mol. The van der Waals surface area contributed by atoms with E-state index < -0.39 is 5.97 Å². The molecular formula is C27H31N5O3. The summed E-state index contributed by atoms with van der Waals surface area (Å²) in [6.07, 6.45) is 5.96. The Bertz CT molecular complexity index is 1430. The van der Waals surface area contributed by atoms with E-state index in [0.717, 1.165) is 66.0 Å². The van der Waals surface area contributed by atoms with Gasteiger partial charge in [-0.3, -0.25) is 4.40 Å². The van der Waals surface area contributed by atoms with Gasteiger partial charge in [0.15, 0.2) is 5.88 Å². The fraction of sp³-hybridized carbons (Fsp3) is 0.370. The summed E-state index contributed by atoms with van der Waals surface area (Å²) in [4.78, 5) is 22.3. The van der Waals surface area contributed by atoms with E-state index in [1.165, 1.54) is 7.11 Å². The van der Waals surface area contributed by atoms with Crippen LogP contribution in [0.1, 0.15) is 66.3 Å². The van der Waals surface area contributed by atoms with Crippen LogP contribution in [0, 0.1) is 0 Å². The van der Waals surface area contributed by atoms with Crippen molar-refractivity contribution >= 4 is 22.6 Å². The van der Waals surface area contributed by atoms with Crippen LogP contribution >= 0.6 is 0 Å². The number of fused-ring (bicyclic) bond motifs is 2. The van der Waals surface area contributed by atoms with Crippen LogP contribution in [0.2, 0.25) is 0 Å². The summed E-state index contributed by atoms with van der Waals surface area (Å²) in [6, 6.07) is 9.55. The van der Waals surface area contributed by atoms with E-state index in [-0.39, 0.29) is 6.04 Å². The van der Waals surface area contributed by atoms with Gasteiger partial charge in [0.05, 0.1) is 36.9 Å². The highest BCUT2D eigenvalue weighted by molar-refractivity contribution is 5.91. The second kappa shape index (κ2) is 9.19. The number of hydrogen-bond donors (Lipinski definition) is 1. The summed E-state index contributed by atoms with van der Waals surface area (Å²) in [7, 11) is 2.98. The number of aryl methyl sites for hydroxylation is 1. The first-order valence-electron chi connectivity index (χ1n) is 12.0. The normalized spacial score (nSPS) is 14.4. The van der Waals surface area contributed by atoms with Crippen LogP contribution < -0.4 is 10.5 Å². The first-order chi connectivity index (χ1) is 17.0. The Kier molecular flexibility index (Phi) is 6.06. The Balaban J connectivity index is 1.77. The third kappa shape index (κ3) is 4.08. The third-order valence-electron chi connectivity index (χ3n) is 6.58. The quantitative estimate of drug-likeness (QED) is 0.209. The maximum absolute atomic E-state index is 12.3. The largest absolute Gasteiger partial charge is 0.482 e. The van der Waals surface area contributed by atoms with E-state index >= 15 is 0 Å². The standard InChI is InChI=1S/C27H31N5O3/c1-5-6-7-12-31-21(13-18-10-11-20(16(2)28)29-26(18)31)24-25(17-8-9-17)32-22(30-24)14-19(27(33)35-4)15-23(32)34-3/h5,10-11,13-17H,1,6-9,12,28H2,2-4H3. The molecule has 0 spiro atoms. The van der Waals surface area contributed by atoms with Crippen LogP contribution in [0.25, 0.3) is 28.1 Å². The van der Waals surface area contributed by atoms with Crippen molar-refractivity contribution < 1.29 is 14.3 Å². The summed E-state index contributed by atoms with van der Waals surface area (Å²) in [6.45, 7) is 6.60. The Morgan fingerprint density at radius 3 is 2.71 bits per heavy atom. The Morgan fingerprint density at radius 2 is 2.06 bits per heavy atom. The molecule has 4 aromatic rings. The van der Waals surface area contributed by atoms with Gasteiger partial charge in [-0.1, -0.05) is 6.08 Å². The molecule has 5 rings (SSSR count). The maximum atomic E-state index is 12.3. The van der Waals surface area contributed by atoms with Crippen molar-refractivity contribution in [3.8, 4) is 17.3 Å². The van der Waals surface area contributed by atoms with Crippen LogP contribution in [-0.2, 0) is 11.3 Å². The molecule has 182 valence electrons. The third-order valence-corrected chi connectivity index (χ3v) is 6.58. The Hall–Kier alpha value is -3.65. The number of ether oxygens (including phenoxy) is 2. The van der Waals surface area contributed by atoms with E-state index in [2.05, 4.69) is 23.3 Å². The van der Waals surface area contributed by atoms with E-state index in [9.17, 15) is 4.79 Å². The molecule has 2 N–H and O–H groups in total. The zero-order valence-electron chi connectivity index (χ0n) is 20.5. The molecule has 35 heavy (non-hydrogen) atoms. The smallest absolute Gasteiger partial charge is 0.338 e. The molecule has 1 aliphatic rings. The molecule has 1 atom stereocenters. The number of methoxy groups -OCH3 is 2. The van der Waals surface area contributed by atoms with Crippen molar-refractivity contribution in [2.75, 3.05) is 14.2 Å². The molecule has 0 bridgehead atoms. The van der Waals surface area contributed by atoms with Crippen LogP contribution in [0.4, 0.5) is 0 Å². The lowest BCUT2D eigenvalue weighted by molar-refractivity contribution is 0.0600. The predicted octanol–water partition coefficient (Wildman–Crippen LogP) is 5.01. The maximum Gasteiger partial charge on any atom is 0.338 e. The molecule has 0 aromatic carbocycles. The van der Waals surface area contributed by atoms with Gasteiger partial charge in [-0.15, -0.1) is 6.58 Å². The average molecular weight is 474 g/mol. The SMILES string of the molecule is C=CCCCn1c(-c2nc3cc(C(=O)OC)cc(OC)n3c2C2CC2)cc2ccc(C(C)N)nc21. The molecule has 1 saturated carbocycles. The molecule has 0 saturated heterocycles. The molecule has 1 aliphatic carbocycles. The van der Waals surface area contributed by atoms with Gasteiger partial charge >= 0.3 is 5.97 Å². The zero-order chi connectivity index (χ0) is 24.7. The second-order valence-electron chi connectivity index (χ2n) is 9.14. The lowest BCUT2D eigenvalue weighted by atomic mass is 10.1. The number of nitrogens with zero attached hydrogens (tertiary/aromatic N) is 4. The van der Waals surface area contributed by atoms with Crippen molar-refractivity contribution in [1.82, 2.24) is 18.9 Å². The van der Waals surface area contributed by atoms with Gasteiger partial charge in [-0.05, 0) is 56.9 Å². The van der Waals surface area contributed by atoms with E-state index in [4.69, 9.17) is 25.2 Å². The minimum absolute atomic E-state index is 0.155. The number of esters is 1. The fourth-order valence-electron chi connectivity index (χ4n) is 4.68. The number of carbonyl (C=O) groups excluding carboxylic acids is 1. The number of hydrogen-bond acceptors (Lipinski definition) is 6. The fourth-order valence-corrected chi connectivity index (χ4v) is 4.68. The monoisotopic (exact) mass is 473 g/mol. The van der Waals surface area contributed by atoms with E-state index in [1.807, 2.05) is 23.5 Å². The molecule has 0 radical (unpaired) electrons. The molecule has 0 amide bonds. The number of allylic oxidation sites excluding steroid dienone is 1. The molecule has 1 fully saturated rings. The second-order valence-corrected chi connectivity index (χ2v) is 9.14. The van der Waals surface area contributed by atoms with E-state index in [0.29, 0.717) is 23.0 Å². The summed E-state index contributed by atoms with van der Waals surface area (Å²) >= 11 is 0. The lowest BCUT2D eigenvalue weighted by Gasteiger charge is -2.12. The minimum atomic E-state index is -0.422. The Morgan fingerprint density at radius 1 is 1.26 bits per heavy atom. The van der Waals surface area contributed by atoms with Crippen LogP contribution in [0.3, 0.4) is 0 Å². The van der Waals surface area contributed by atoms with Crippen molar-refractivity contribution in [2.45, 2.75) is 51.1 Å². The molecule has 0 aliphatic heterocycles. The number of rotatable bonds is 9. The predicted molar refractivity (Wildman–Crippen MR) is 136 cm³/mol. The minimum Gasteiger partial charge on any atom is -0.482 e. The summed E-state index contributed by atoms with van der Waals surface area (Å²) < 4.78 is 14.9. The number of pyridine rings is 2. The van der Waals surface area contributed by atoms with Crippen molar-refractivity contribution in [3.63, 3.8) is 0 Å². The van der Waals surface area contributed by atoms with Gasteiger partial charge in [0.2, 0.25) is 0 Å². The number of carbonyl (C=O) groups is 1. The number of imidazole rings is 1. The number of aromatic nitrogens is 4. The van der Waals surface area contributed by atoms with Gasteiger partial charge < -0.3 is 19.8 Å². The van der Waals surface area contributed by atoms with Crippen LogP contribution in [0.5, 0.6) is 5.88 Å². The van der Waals surface area contributed by atoms with Gasteiger partial charge in [-0.25, -0.2) is 14.8 Å². The van der Waals surface area contributed by atoms with Gasteiger partial charge in [0.1, 0.15) is 17.0 Å². The summed E-state index contributed by atoms with van der Waals surface area (Å²) in [5, 5.41) is 1.05. The highest BCUT2D eigenvalue weighted by atomic mass is 16.5. The summed E-state index contributed by atoms with van der Waals surface area (Å²) in [5.74, 6) is 0.523. The van der Waals surface area contributed by atoms with Gasteiger partial charge in [0, 0.05) is 30.0 Å². The molecule has 8 nitrogen and oxygen atoms in total. The van der Waals surface area contributed by atoms with Gasteiger partial charge in [0.25, 0.3) is 0 Å². The first-order valence-corrected chi connectivity index (χ1v) is 12.0. The lowest BCUT2D eigenvalue weighted by Crippen LogP contribution is -2.09. The summed E-state index contributed by atoms with van der Waals surface area (Å²) in [5.41, 5.74) is 12.0. The first kappa shape index (κ1) is 23.1. The van der Waals surface area contributed by atoms with Crippen molar-refractivity contribution in [3.05, 3.63) is 59.9 Å². The topological polar surface area (TPSA) is 96.7 Å². The Labute approximate surface area is 204 Å². The van der Waals surface area contributed by atoms with E-state index in [1.54, 1.807) is 19.2 Å². The number of unbranched alkanes of at least 4 members (excludes halogenated alkanes) is 1. The molecule has 1 unspecified atom stereocenters. The van der Waals surface area contributed by atoms with Crippen molar-refractivity contribution in [2.24, 2.45) is 5.73 Å². The average Bonchev–Trinajstić information content (AvgIpc) is 3.54. The highest BCUT2D eigenvalue weighted by Crippen LogP contribution is 2.46. The number of nitrogens with two attached hydrogens (primary N) is 1. The van der Waals surface area contributed by atoms with Crippen molar-refractivity contribution in [1.29, 1.82) is 0 Å². The molecule has 4 heterocycles. The highest BCUT2D eigenvalue weighted by Gasteiger charge is 2.34. The molecule has 4 aromatic heterocycles. The van der Waals surface area contributed by atoms with Crippen LogP contribution in [-0.4, -0.2) is 39.1 Å². The van der Waals surface area contributed by atoms with Crippen LogP contribution in [0.15, 0.2) is 43.0 Å².